The lowest BCUT2D eigenvalue weighted by atomic mass is 10.2. The summed E-state index contributed by atoms with van der Waals surface area (Å²) in [4.78, 5) is 5.44. The molecule has 1 heterocycles. The van der Waals surface area contributed by atoms with Gasteiger partial charge in [-0.1, -0.05) is 20.8 Å². The summed E-state index contributed by atoms with van der Waals surface area (Å²) in [5.74, 6) is 0.689. The monoisotopic (exact) mass is 210 g/mol. The zero-order valence-electron chi connectivity index (χ0n) is 9.03. The largest absolute Gasteiger partial charge is 0.325 e. The zero-order valence-corrected chi connectivity index (χ0v) is 9.84. The van der Waals surface area contributed by atoms with Crippen LogP contribution in [0.15, 0.2) is 23.2 Å². The fourth-order valence-electron chi connectivity index (χ4n) is 0.992. The van der Waals surface area contributed by atoms with E-state index in [9.17, 15) is 0 Å². The fraction of sp³-hybridized carbons (Fsp3) is 0.545. The average Bonchev–Trinajstić information content (AvgIpc) is 2.18. The first-order valence-corrected chi connectivity index (χ1v) is 5.83. The van der Waals surface area contributed by atoms with Crippen molar-refractivity contribution in [2.45, 2.75) is 37.5 Å². The molecule has 1 unspecified atom stereocenters. The Bertz CT molecular complexity index is 286. The zero-order chi connectivity index (χ0) is 10.6. The smallest absolute Gasteiger partial charge is 0.0550 e. The maximum absolute atomic E-state index is 5.54. The maximum atomic E-state index is 5.54. The second kappa shape index (κ2) is 5.37. The summed E-state index contributed by atoms with van der Waals surface area (Å²) in [6, 6.07) is 4.12. The molecule has 0 radical (unpaired) electrons. The van der Waals surface area contributed by atoms with Crippen LogP contribution in [0.25, 0.3) is 0 Å². The van der Waals surface area contributed by atoms with E-state index in [4.69, 9.17) is 5.73 Å². The van der Waals surface area contributed by atoms with Gasteiger partial charge in [-0.2, -0.15) is 0 Å². The molecule has 0 aliphatic carbocycles. The molecular formula is C11H18N2S. The molecule has 0 aromatic carbocycles. The fourth-order valence-corrected chi connectivity index (χ4v) is 2.04. The van der Waals surface area contributed by atoms with Gasteiger partial charge in [-0.3, -0.25) is 4.98 Å². The van der Waals surface area contributed by atoms with Gasteiger partial charge in [0.05, 0.1) is 5.69 Å². The molecule has 1 aromatic rings. The summed E-state index contributed by atoms with van der Waals surface area (Å²) in [5.41, 5.74) is 6.50. The number of nitrogens with zero attached hydrogens (tertiary/aromatic N) is 1. The van der Waals surface area contributed by atoms with Gasteiger partial charge in [0.25, 0.3) is 0 Å². The minimum atomic E-state index is 0.518. The van der Waals surface area contributed by atoms with E-state index >= 15 is 0 Å². The van der Waals surface area contributed by atoms with Gasteiger partial charge in [0.1, 0.15) is 0 Å². The van der Waals surface area contributed by atoms with Crippen LogP contribution < -0.4 is 5.73 Å². The average molecular weight is 210 g/mol. The lowest BCUT2D eigenvalue weighted by Crippen LogP contribution is -2.05. The highest BCUT2D eigenvalue weighted by molar-refractivity contribution is 8.00. The third-order valence-corrected chi connectivity index (χ3v) is 3.70. The Labute approximate surface area is 90.3 Å². The summed E-state index contributed by atoms with van der Waals surface area (Å²) in [6.45, 7) is 7.24. The first-order chi connectivity index (χ1) is 6.63. The molecule has 0 aliphatic rings. The first-order valence-electron chi connectivity index (χ1n) is 4.95. The molecule has 78 valence electrons. The molecule has 0 amide bonds. The number of hydrogen-bond donors (Lipinski definition) is 1. The summed E-state index contributed by atoms with van der Waals surface area (Å²) < 4.78 is 0. The predicted octanol–water partition coefficient (Wildman–Crippen LogP) is 2.68. The van der Waals surface area contributed by atoms with E-state index in [0.29, 0.717) is 17.7 Å². The Kier molecular flexibility index (Phi) is 4.42. The third kappa shape index (κ3) is 3.31. The molecule has 0 fully saturated rings. The molecule has 2 N–H and O–H groups in total. The van der Waals surface area contributed by atoms with Gasteiger partial charge in [-0.15, -0.1) is 11.8 Å². The SMILES string of the molecule is CC(C)C(C)Sc1ccnc(CN)c1. The number of hydrogen-bond acceptors (Lipinski definition) is 3. The van der Waals surface area contributed by atoms with E-state index < -0.39 is 0 Å². The molecule has 1 aromatic heterocycles. The van der Waals surface area contributed by atoms with Crippen molar-refractivity contribution in [3.63, 3.8) is 0 Å². The van der Waals surface area contributed by atoms with Gasteiger partial charge >= 0.3 is 0 Å². The van der Waals surface area contributed by atoms with Crippen molar-refractivity contribution in [1.29, 1.82) is 0 Å². The van der Waals surface area contributed by atoms with Crippen LogP contribution in [0.4, 0.5) is 0 Å². The molecular weight excluding hydrogens is 192 g/mol. The van der Waals surface area contributed by atoms with E-state index in [0.717, 1.165) is 5.69 Å². The lowest BCUT2D eigenvalue weighted by Gasteiger charge is -2.14. The van der Waals surface area contributed by atoms with Gasteiger partial charge in [-0.05, 0) is 18.1 Å². The molecule has 0 aliphatic heterocycles. The van der Waals surface area contributed by atoms with Crippen molar-refractivity contribution in [2.24, 2.45) is 11.7 Å². The minimum Gasteiger partial charge on any atom is -0.325 e. The van der Waals surface area contributed by atoms with Crippen molar-refractivity contribution in [2.75, 3.05) is 0 Å². The number of pyridine rings is 1. The highest BCUT2D eigenvalue weighted by Gasteiger charge is 2.08. The van der Waals surface area contributed by atoms with Crippen molar-refractivity contribution in [3.8, 4) is 0 Å². The molecule has 0 spiro atoms. The lowest BCUT2D eigenvalue weighted by molar-refractivity contribution is 0.642. The predicted molar refractivity (Wildman–Crippen MR) is 62.3 cm³/mol. The molecule has 2 nitrogen and oxygen atoms in total. The standard InChI is InChI=1S/C11H18N2S/c1-8(2)9(3)14-11-4-5-13-10(6-11)7-12/h4-6,8-9H,7,12H2,1-3H3. The van der Waals surface area contributed by atoms with Crippen molar-refractivity contribution in [1.82, 2.24) is 4.98 Å². The number of nitrogens with two attached hydrogens (primary N) is 1. The van der Waals surface area contributed by atoms with Gasteiger partial charge < -0.3 is 5.73 Å². The first kappa shape index (κ1) is 11.5. The van der Waals surface area contributed by atoms with Gasteiger partial charge in [0.2, 0.25) is 0 Å². The molecule has 14 heavy (non-hydrogen) atoms. The second-order valence-electron chi connectivity index (χ2n) is 3.75. The molecule has 0 saturated carbocycles. The maximum Gasteiger partial charge on any atom is 0.0550 e. The molecule has 1 atom stereocenters. The highest BCUT2D eigenvalue weighted by Crippen LogP contribution is 2.27. The summed E-state index contributed by atoms with van der Waals surface area (Å²) in [6.07, 6.45) is 1.83. The molecule has 1 rings (SSSR count). The summed E-state index contributed by atoms with van der Waals surface area (Å²) in [5, 5.41) is 0.628. The summed E-state index contributed by atoms with van der Waals surface area (Å²) in [7, 11) is 0. The minimum absolute atomic E-state index is 0.518. The molecule has 0 bridgehead atoms. The molecule has 3 heteroatoms. The highest BCUT2D eigenvalue weighted by atomic mass is 32.2. The second-order valence-corrected chi connectivity index (χ2v) is 5.20. The van der Waals surface area contributed by atoms with E-state index in [2.05, 4.69) is 31.8 Å². The number of rotatable bonds is 4. The van der Waals surface area contributed by atoms with Crippen LogP contribution >= 0.6 is 11.8 Å². The summed E-state index contributed by atoms with van der Waals surface area (Å²) >= 11 is 1.89. The van der Waals surface area contributed by atoms with Crippen LogP contribution in [0.1, 0.15) is 26.5 Å². The van der Waals surface area contributed by atoms with Crippen molar-refractivity contribution < 1.29 is 0 Å². The van der Waals surface area contributed by atoms with Gasteiger partial charge in [0, 0.05) is 22.9 Å². The topological polar surface area (TPSA) is 38.9 Å². The Morgan fingerprint density at radius 2 is 2.14 bits per heavy atom. The number of aromatic nitrogens is 1. The van der Waals surface area contributed by atoms with Crippen LogP contribution in [0.3, 0.4) is 0 Å². The van der Waals surface area contributed by atoms with Crippen LogP contribution in [0, 0.1) is 5.92 Å². The third-order valence-electron chi connectivity index (χ3n) is 2.26. The van der Waals surface area contributed by atoms with E-state index in [-0.39, 0.29) is 0 Å². The van der Waals surface area contributed by atoms with Crippen molar-refractivity contribution >= 4 is 11.8 Å². The molecule has 0 saturated heterocycles. The Morgan fingerprint density at radius 3 is 2.71 bits per heavy atom. The quantitative estimate of drug-likeness (QED) is 0.777. The normalized spacial score (nSPS) is 13.2. The van der Waals surface area contributed by atoms with Crippen LogP contribution in [0.2, 0.25) is 0 Å². The van der Waals surface area contributed by atoms with Gasteiger partial charge in [0.15, 0.2) is 0 Å². The van der Waals surface area contributed by atoms with Crippen LogP contribution in [-0.4, -0.2) is 10.2 Å². The Morgan fingerprint density at radius 1 is 1.43 bits per heavy atom. The van der Waals surface area contributed by atoms with Crippen LogP contribution in [-0.2, 0) is 6.54 Å². The Hall–Kier alpha value is -0.540. The Balaban J connectivity index is 2.66. The number of thioether (sulfide) groups is 1. The van der Waals surface area contributed by atoms with Gasteiger partial charge in [-0.25, -0.2) is 0 Å². The van der Waals surface area contributed by atoms with E-state index in [1.807, 2.05) is 24.0 Å². The van der Waals surface area contributed by atoms with Crippen molar-refractivity contribution in [3.05, 3.63) is 24.0 Å². The van der Waals surface area contributed by atoms with E-state index in [1.54, 1.807) is 0 Å². The van der Waals surface area contributed by atoms with E-state index in [1.165, 1.54) is 4.90 Å². The van der Waals surface area contributed by atoms with Crippen LogP contribution in [0.5, 0.6) is 0 Å².